The molecule has 31 heavy (non-hydrogen) atoms. The number of carbonyl (C=O) groups excluding carboxylic acids is 1. The van der Waals surface area contributed by atoms with E-state index in [4.69, 9.17) is 14.2 Å². The average molecular weight is 429 g/mol. The van der Waals surface area contributed by atoms with Crippen molar-refractivity contribution < 1.29 is 23.9 Å². The quantitative estimate of drug-likeness (QED) is 0.733. The Labute approximate surface area is 186 Å². The summed E-state index contributed by atoms with van der Waals surface area (Å²) >= 11 is 0. The van der Waals surface area contributed by atoms with Crippen molar-refractivity contribution >= 4 is 5.97 Å². The van der Waals surface area contributed by atoms with Crippen LogP contribution in [0.3, 0.4) is 0 Å². The first-order valence-electron chi connectivity index (χ1n) is 12.4. The second kappa shape index (κ2) is 8.74. The minimum absolute atomic E-state index is 0.00840. The van der Waals surface area contributed by atoms with Crippen LogP contribution in [0, 0.1) is 17.3 Å². The van der Waals surface area contributed by atoms with E-state index in [1.807, 2.05) is 0 Å². The van der Waals surface area contributed by atoms with Crippen LogP contribution in [0.5, 0.6) is 5.75 Å². The van der Waals surface area contributed by atoms with Crippen LogP contribution in [0.4, 0.5) is 0 Å². The highest BCUT2D eigenvalue weighted by Gasteiger charge is 2.56. The van der Waals surface area contributed by atoms with Crippen molar-refractivity contribution in [3.8, 4) is 5.75 Å². The number of fused-ring (bicyclic) bond motifs is 5. The zero-order valence-electron chi connectivity index (χ0n) is 19.2. The lowest BCUT2D eigenvalue weighted by Gasteiger charge is -2.50. The fourth-order valence-corrected chi connectivity index (χ4v) is 7.24. The Morgan fingerprint density at radius 1 is 1.19 bits per heavy atom. The molecule has 0 spiro atoms. The molecule has 5 atom stereocenters. The van der Waals surface area contributed by atoms with Crippen molar-refractivity contribution in [1.29, 1.82) is 0 Å². The van der Waals surface area contributed by atoms with Gasteiger partial charge in [-0.2, -0.15) is 0 Å². The van der Waals surface area contributed by atoms with Crippen LogP contribution in [-0.2, 0) is 20.7 Å². The lowest BCUT2D eigenvalue weighted by molar-refractivity contribution is -0.907. The fraction of sp³-hybridized carbons (Fsp3) is 0.731. The zero-order chi connectivity index (χ0) is 21.4. The van der Waals surface area contributed by atoms with Crippen LogP contribution in [0.25, 0.3) is 0 Å². The van der Waals surface area contributed by atoms with Gasteiger partial charge in [-0.05, 0) is 79.5 Å². The van der Waals surface area contributed by atoms with E-state index >= 15 is 0 Å². The molecular formula is C26H38NO4+. The Morgan fingerprint density at radius 2 is 2.03 bits per heavy atom. The summed E-state index contributed by atoms with van der Waals surface area (Å²) in [6.45, 7) is 6.92. The minimum Gasteiger partial charge on any atom is -0.497 e. The van der Waals surface area contributed by atoms with Crippen molar-refractivity contribution in [2.75, 3.05) is 40.0 Å². The van der Waals surface area contributed by atoms with Gasteiger partial charge in [0.05, 0.1) is 33.3 Å². The predicted octanol–water partition coefficient (Wildman–Crippen LogP) is 2.77. The van der Waals surface area contributed by atoms with Gasteiger partial charge in [-0.1, -0.05) is 13.0 Å². The molecule has 3 aliphatic carbocycles. The second-order valence-electron chi connectivity index (χ2n) is 10.4. The summed E-state index contributed by atoms with van der Waals surface area (Å²) in [5, 5.41) is 0. The normalized spacial score (nSPS) is 35.0. The molecule has 1 aliphatic heterocycles. The minimum atomic E-state index is 0.00840. The molecule has 0 bridgehead atoms. The number of nitrogens with one attached hydrogen (secondary N) is 1. The molecule has 4 aliphatic rings. The summed E-state index contributed by atoms with van der Waals surface area (Å²) < 4.78 is 17.0. The van der Waals surface area contributed by atoms with Crippen LogP contribution < -0.4 is 9.64 Å². The SMILES string of the molecule is COc1ccc2c(c1)CC[C@@H]1[C@H]2CC[C@]2(C)[C@@H](OC(=O)CC[NH+]3CCOCC3)CC[C@@H]12. The topological polar surface area (TPSA) is 49.2 Å². The maximum atomic E-state index is 12.7. The number of morpholine rings is 1. The van der Waals surface area contributed by atoms with E-state index in [0.29, 0.717) is 18.3 Å². The van der Waals surface area contributed by atoms with E-state index in [9.17, 15) is 4.79 Å². The largest absolute Gasteiger partial charge is 0.497 e. The first-order valence-corrected chi connectivity index (χ1v) is 12.4. The summed E-state index contributed by atoms with van der Waals surface area (Å²) in [7, 11) is 1.75. The Bertz CT molecular complexity index is 805. The molecule has 1 aromatic carbocycles. The molecule has 1 aromatic rings. The third-order valence-electron chi connectivity index (χ3n) is 9.00. The Hall–Kier alpha value is -1.59. The van der Waals surface area contributed by atoms with Gasteiger partial charge < -0.3 is 19.1 Å². The summed E-state index contributed by atoms with van der Waals surface area (Å²) in [6, 6.07) is 6.69. The summed E-state index contributed by atoms with van der Waals surface area (Å²) in [5.41, 5.74) is 3.18. The van der Waals surface area contributed by atoms with Crippen LogP contribution in [0.15, 0.2) is 18.2 Å². The molecule has 0 radical (unpaired) electrons. The molecule has 1 heterocycles. The number of aryl methyl sites for hydroxylation is 1. The monoisotopic (exact) mass is 428 g/mol. The highest BCUT2D eigenvalue weighted by Crippen LogP contribution is 2.61. The van der Waals surface area contributed by atoms with Crippen molar-refractivity contribution in [2.24, 2.45) is 17.3 Å². The van der Waals surface area contributed by atoms with Crippen LogP contribution in [-0.4, -0.2) is 52.0 Å². The smallest absolute Gasteiger partial charge is 0.311 e. The van der Waals surface area contributed by atoms with Crippen LogP contribution in [0.1, 0.15) is 62.5 Å². The summed E-state index contributed by atoms with van der Waals surface area (Å²) in [5.74, 6) is 3.04. The number of quaternary nitrogens is 1. The number of hydrogen-bond acceptors (Lipinski definition) is 4. The zero-order valence-corrected chi connectivity index (χ0v) is 19.2. The number of esters is 1. The number of methoxy groups -OCH3 is 1. The number of ether oxygens (including phenoxy) is 3. The maximum absolute atomic E-state index is 12.7. The van der Waals surface area contributed by atoms with Gasteiger partial charge in [-0.3, -0.25) is 4.79 Å². The molecule has 5 nitrogen and oxygen atoms in total. The average Bonchev–Trinajstić information content (AvgIpc) is 3.13. The fourth-order valence-electron chi connectivity index (χ4n) is 7.24. The molecule has 170 valence electrons. The van der Waals surface area contributed by atoms with Gasteiger partial charge in [0.25, 0.3) is 0 Å². The molecule has 2 saturated carbocycles. The van der Waals surface area contributed by atoms with Gasteiger partial charge in [-0.15, -0.1) is 0 Å². The number of hydrogen-bond donors (Lipinski definition) is 1. The van der Waals surface area contributed by atoms with Crippen molar-refractivity contribution in [3.05, 3.63) is 29.3 Å². The van der Waals surface area contributed by atoms with Gasteiger partial charge in [0.2, 0.25) is 0 Å². The van der Waals surface area contributed by atoms with E-state index in [1.54, 1.807) is 12.7 Å². The molecule has 5 rings (SSSR count). The third-order valence-corrected chi connectivity index (χ3v) is 9.00. The van der Waals surface area contributed by atoms with E-state index < -0.39 is 0 Å². The Balaban J connectivity index is 1.23. The lowest BCUT2D eigenvalue weighted by Crippen LogP contribution is -3.14. The number of benzene rings is 1. The van der Waals surface area contributed by atoms with Gasteiger partial charge in [0.1, 0.15) is 24.9 Å². The molecule has 0 amide bonds. The van der Waals surface area contributed by atoms with Crippen molar-refractivity contribution in [2.45, 2.75) is 63.9 Å². The Kier molecular flexibility index (Phi) is 6.00. The predicted molar refractivity (Wildman–Crippen MR) is 118 cm³/mol. The van der Waals surface area contributed by atoms with Crippen molar-refractivity contribution in [3.63, 3.8) is 0 Å². The molecule has 1 saturated heterocycles. The van der Waals surface area contributed by atoms with E-state index in [0.717, 1.165) is 63.8 Å². The molecule has 0 aromatic heterocycles. The summed E-state index contributed by atoms with van der Waals surface area (Å²) in [6.07, 6.45) is 7.65. The van der Waals surface area contributed by atoms with E-state index in [2.05, 4.69) is 25.1 Å². The van der Waals surface area contributed by atoms with Crippen LogP contribution >= 0.6 is 0 Å². The molecule has 1 N–H and O–H groups in total. The first-order chi connectivity index (χ1) is 15.1. The molecule has 3 fully saturated rings. The lowest BCUT2D eigenvalue weighted by atomic mass is 9.55. The standard InChI is InChI=1S/C26H37NO4/c1-26-11-9-21-20-6-4-19(29-2)17-18(20)3-5-22(21)23(26)7-8-24(26)31-25(28)10-12-27-13-15-30-16-14-27/h4,6,17,21-24H,3,5,7-16H2,1-2H3/p+1/t21-,22+,23-,24-,26-/m0/s1. The van der Waals surface area contributed by atoms with Crippen molar-refractivity contribution in [1.82, 2.24) is 0 Å². The number of carbonyl (C=O) groups is 1. The second-order valence-corrected chi connectivity index (χ2v) is 10.4. The van der Waals surface area contributed by atoms with E-state index in [-0.39, 0.29) is 17.5 Å². The molecule has 5 heteroatoms. The van der Waals surface area contributed by atoms with Gasteiger partial charge >= 0.3 is 5.97 Å². The highest BCUT2D eigenvalue weighted by atomic mass is 16.5. The molecular weight excluding hydrogens is 390 g/mol. The van der Waals surface area contributed by atoms with E-state index in [1.165, 1.54) is 29.7 Å². The van der Waals surface area contributed by atoms with Crippen LogP contribution in [0.2, 0.25) is 0 Å². The molecule has 0 unspecified atom stereocenters. The van der Waals surface area contributed by atoms with Gasteiger partial charge in [-0.25, -0.2) is 0 Å². The summed E-state index contributed by atoms with van der Waals surface area (Å²) in [4.78, 5) is 14.2. The van der Waals surface area contributed by atoms with Gasteiger partial charge in [0.15, 0.2) is 0 Å². The maximum Gasteiger partial charge on any atom is 0.311 e. The highest BCUT2D eigenvalue weighted by molar-refractivity contribution is 5.69. The first kappa shape index (κ1) is 21.3. The number of rotatable bonds is 5. The third kappa shape index (κ3) is 4.00. The van der Waals surface area contributed by atoms with Gasteiger partial charge in [0, 0.05) is 5.41 Å². The Morgan fingerprint density at radius 3 is 2.84 bits per heavy atom.